The number of pyridine rings is 1. The number of carbonyl (C=O) groups is 1. The van der Waals surface area contributed by atoms with Gasteiger partial charge < -0.3 is 9.64 Å². The Labute approximate surface area is 119 Å². The Bertz CT molecular complexity index is 570. The van der Waals surface area contributed by atoms with Crippen LogP contribution in [0.2, 0.25) is 0 Å². The number of ether oxygens (including phenoxy) is 1. The summed E-state index contributed by atoms with van der Waals surface area (Å²) in [6, 6.07) is 13.3. The van der Waals surface area contributed by atoms with Crippen molar-refractivity contribution in [1.82, 2.24) is 9.88 Å². The van der Waals surface area contributed by atoms with Gasteiger partial charge in [-0.2, -0.15) is 0 Å². The van der Waals surface area contributed by atoms with Crippen LogP contribution in [-0.4, -0.2) is 29.4 Å². The van der Waals surface area contributed by atoms with Crippen LogP contribution >= 0.6 is 0 Å². The number of nitrogens with zero attached hydrogens (tertiary/aromatic N) is 2. The first kappa shape index (κ1) is 14.1. The summed E-state index contributed by atoms with van der Waals surface area (Å²) in [6.45, 7) is 2.51. The van der Waals surface area contributed by atoms with Crippen LogP contribution in [0, 0.1) is 6.92 Å². The van der Waals surface area contributed by atoms with Crippen LogP contribution in [0.3, 0.4) is 0 Å². The summed E-state index contributed by atoms with van der Waals surface area (Å²) in [6.07, 6.45) is 1.72. The molecular formula is C16H18N2O2. The predicted octanol–water partition coefficient (Wildman–Crippen LogP) is 2.43. The van der Waals surface area contributed by atoms with E-state index in [4.69, 9.17) is 4.74 Å². The van der Waals surface area contributed by atoms with Gasteiger partial charge in [0.25, 0.3) is 5.91 Å². The van der Waals surface area contributed by atoms with Gasteiger partial charge in [0, 0.05) is 13.2 Å². The second kappa shape index (κ2) is 6.70. The summed E-state index contributed by atoms with van der Waals surface area (Å²) in [5.74, 6) is 0.641. The third-order valence-electron chi connectivity index (χ3n) is 2.90. The first-order valence-electron chi connectivity index (χ1n) is 6.48. The van der Waals surface area contributed by atoms with Crippen molar-refractivity contribution in [2.45, 2.75) is 13.5 Å². The van der Waals surface area contributed by atoms with Gasteiger partial charge in [0.15, 0.2) is 6.61 Å². The molecule has 0 fully saturated rings. The highest BCUT2D eigenvalue weighted by Crippen LogP contribution is 2.12. The fraction of sp³-hybridized carbons (Fsp3) is 0.250. The molecule has 0 aliphatic carbocycles. The molecule has 2 aromatic rings. The van der Waals surface area contributed by atoms with E-state index >= 15 is 0 Å². The molecule has 0 saturated heterocycles. The van der Waals surface area contributed by atoms with E-state index in [9.17, 15) is 4.79 Å². The number of aromatic nitrogens is 1. The quantitative estimate of drug-likeness (QED) is 0.838. The number of benzene rings is 1. The molecular weight excluding hydrogens is 252 g/mol. The van der Waals surface area contributed by atoms with Crippen LogP contribution in [0.5, 0.6) is 5.75 Å². The molecule has 1 heterocycles. The molecule has 0 aliphatic rings. The minimum Gasteiger partial charge on any atom is -0.484 e. The minimum atomic E-state index is -0.0721. The maximum absolute atomic E-state index is 12.0. The van der Waals surface area contributed by atoms with E-state index < -0.39 is 0 Å². The van der Waals surface area contributed by atoms with E-state index in [0.717, 1.165) is 11.3 Å². The standard InChI is InChI=1S/C16H18N2O2/c1-13-6-5-8-15(10-13)20-12-16(19)18(2)11-14-7-3-4-9-17-14/h3-10H,11-12H2,1-2H3. The molecule has 1 amide bonds. The Morgan fingerprint density at radius 1 is 1.25 bits per heavy atom. The zero-order valence-electron chi connectivity index (χ0n) is 11.7. The molecule has 2 rings (SSSR count). The summed E-state index contributed by atoms with van der Waals surface area (Å²) in [7, 11) is 1.75. The molecule has 0 unspecified atom stereocenters. The number of rotatable bonds is 5. The van der Waals surface area contributed by atoms with Gasteiger partial charge in [-0.05, 0) is 36.8 Å². The maximum atomic E-state index is 12.0. The molecule has 0 atom stereocenters. The van der Waals surface area contributed by atoms with Gasteiger partial charge in [-0.15, -0.1) is 0 Å². The van der Waals surface area contributed by atoms with Crippen LogP contribution in [-0.2, 0) is 11.3 Å². The van der Waals surface area contributed by atoms with E-state index in [1.807, 2.05) is 49.4 Å². The van der Waals surface area contributed by atoms with E-state index in [2.05, 4.69) is 4.98 Å². The number of amides is 1. The highest BCUT2D eigenvalue weighted by atomic mass is 16.5. The van der Waals surface area contributed by atoms with Crippen LogP contribution < -0.4 is 4.74 Å². The van der Waals surface area contributed by atoms with Crippen molar-refractivity contribution in [3.05, 3.63) is 59.9 Å². The zero-order valence-corrected chi connectivity index (χ0v) is 11.7. The topological polar surface area (TPSA) is 42.4 Å². The third kappa shape index (κ3) is 4.09. The molecule has 0 bridgehead atoms. The highest BCUT2D eigenvalue weighted by molar-refractivity contribution is 5.77. The zero-order chi connectivity index (χ0) is 14.4. The molecule has 104 valence electrons. The van der Waals surface area contributed by atoms with E-state index in [0.29, 0.717) is 12.3 Å². The molecule has 0 saturated carbocycles. The Hall–Kier alpha value is -2.36. The molecule has 1 aromatic carbocycles. The summed E-state index contributed by atoms with van der Waals surface area (Å²) in [4.78, 5) is 17.8. The van der Waals surface area contributed by atoms with Gasteiger partial charge in [0.1, 0.15) is 5.75 Å². The smallest absolute Gasteiger partial charge is 0.260 e. The van der Waals surface area contributed by atoms with E-state index in [-0.39, 0.29) is 12.5 Å². The summed E-state index contributed by atoms with van der Waals surface area (Å²) >= 11 is 0. The van der Waals surface area contributed by atoms with Crippen molar-refractivity contribution in [3.8, 4) is 5.75 Å². The third-order valence-corrected chi connectivity index (χ3v) is 2.90. The normalized spacial score (nSPS) is 10.1. The average molecular weight is 270 g/mol. The molecule has 4 nitrogen and oxygen atoms in total. The van der Waals surface area contributed by atoms with Crippen LogP contribution in [0.1, 0.15) is 11.3 Å². The lowest BCUT2D eigenvalue weighted by molar-refractivity contribution is -0.132. The van der Waals surface area contributed by atoms with Crippen molar-refractivity contribution in [1.29, 1.82) is 0 Å². The van der Waals surface area contributed by atoms with Gasteiger partial charge in [-0.25, -0.2) is 0 Å². The van der Waals surface area contributed by atoms with Gasteiger partial charge in [0.2, 0.25) is 0 Å². The Kier molecular flexibility index (Phi) is 4.71. The Balaban J connectivity index is 1.85. The van der Waals surface area contributed by atoms with Gasteiger partial charge >= 0.3 is 0 Å². The molecule has 0 N–H and O–H groups in total. The van der Waals surface area contributed by atoms with Gasteiger partial charge in [-0.3, -0.25) is 9.78 Å². The van der Waals surface area contributed by atoms with Crippen LogP contribution in [0.4, 0.5) is 0 Å². The molecule has 20 heavy (non-hydrogen) atoms. The summed E-state index contributed by atoms with van der Waals surface area (Å²) in [5.41, 5.74) is 1.97. The highest BCUT2D eigenvalue weighted by Gasteiger charge is 2.10. The molecule has 0 radical (unpaired) electrons. The molecule has 0 aliphatic heterocycles. The van der Waals surface area contributed by atoms with Gasteiger partial charge in [0.05, 0.1) is 12.2 Å². The first-order chi connectivity index (χ1) is 9.65. The van der Waals surface area contributed by atoms with Crippen molar-refractivity contribution in [2.75, 3.05) is 13.7 Å². The van der Waals surface area contributed by atoms with Crippen molar-refractivity contribution >= 4 is 5.91 Å². The minimum absolute atomic E-state index is 0.0345. The van der Waals surface area contributed by atoms with Gasteiger partial charge in [-0.1, -0.05) is 18.2 Å². The van der Waals surface area contributed by atoms with Crippen LogP contribution in [0.15, 0.2) is 48.7 Å². The Morgan fingerprint density at radius 2 is 2.10 bits per heavy atom. The van der Waals surface area contributed by atoms with E-state index in [1.54, 1.807) is 18.1 Å². The molecule has 1 aromatic heterocycles. The number of aryl methyl sites for hydroxylation is 1. The van der Waals surface area contributed by atoms with Crippen molar-refractivity contribution in [2.24, 2.45) is 0 Å². The lowest BCUT2D eigenvalue weighted by Gasteiger charge is -2.17. The van der Waals surface area contributed by atoms with E-state index in [1.165, 1.54) is 0 Å². The second-order valence-corrected chi connectivity index (χ2v) is 4.68. The molecule has 4 heteroatoms. The number of hydrogen-bond donors (Lipinski definition) is 0. The SMILES string of the molecule is Cc1cccc(OCC(=O)N(C)Cc2ccccn2)c1. The van der Waals surface area contributed by atoms with Crippen LogP contribution in [0.25, 0.3) is 0 Å². The second-order valence-electron chi connectivity index (χ2n) is 4.68. The summed E-state index contributed by atoms with van der Waals surface area (Å²) < 4.78 is 5.50. The fourth-order valence-electron chi connectivity index (χ4n) is 1.78. The molecule has 0 spiro atoms. The lowest BCUT2D eigenvalue weighted by Crippen LogP contribution is -2.31. The lowest BCUT2D eigenvalue weighted by atomic mass is 10.2. The first-order valence-corrected chi connectivity index (χ1v) is 6.48. The average Bonchev–Trinajstić information content (AvgIpc) is 2.46. The number of carbonyl (C=O) groups excluding carboxylic acids is 1. The largest absolute Gasteiger partial charge is 0.484 e. The van der Waals surface area contributed by atoms with Crippen molar-refractivity contribution < 1.29 is 9.53 Å². The predicted molar refractivity (Wildman–Crippen MR) is 77.4 cm³/mol. The summed E-state index contributed by atoms with van der Waals surface area (Å²) in [5, 5.41) is 0. The fourth-order valence-corrected chi connectivity index (χ4v) is 1.78. The number of likely N-dealkylation sites (N-methyl/N-ethyl adjacent to an activating group) is 1. The Morgan fingerprint density at radius 3 is 2.80 bits per heavy atom. The number of hydrogen-bond acceptors (Lipinski definition) is 3. The van der Waals surface area contributed by atoms with Crippen molar-refractivity contribution in [3.63, 3.8) is 0 Å². The monoisotopic (exact) mass is 270 g/mol. The maximum Gasteiger partial charge on any atom is 0.260 e.